The van der Waals surface area contributed by atoms with Gasteiger partial charge in [0.2, 0.25) is 0 Å². The molecule has 3 heteroatoms. The van der Waals surface area contributed by atoms with E-state index < -0.39 is 0 Å². The molecule has 1 amide bonds. The molecule has 0 aliphatic heterocycles. The van der Waals surface area contributed by atoms with Crippen molar-refractivity contribution in [3.8, 4) is 5.75 Å². The smallest absolute Gasteiger partial charge is 0.255 e. The molecule has 0 spiro atoms. The van der Waals surface area contributed by atoms with Gasteiger partial charge in [-0.05, 0) is 67.8 Å². The number of carbonyl (C=O) groups excluding carboxylic acids is 1. The monoisotopic (exact) mass is 297 g/mol. The van der Waals surface area contributed by atoms with Crippen molar-refractivity contribution >= 4 is 11.6 Å². The van der Waals surface area contributed by atoms with Crippen LogP contribution in [0.4, 0.5) is 5.69 Å². The van der Waals surface area contributed by atoms with E-state index in [0.717, 1.165) is 29.8 Å². The molecular formula is C19H23NO2. The average Bonchev–Trinajstić information content (AvgIpc) is 2.52. The maximum Gasteiger partial charge on any atom is 0.255 e. The lowest BCUT2D eigenvalue weighted by Gasteiger charge is -2.09. The third-order valence-corrected chi connectivity index (χ3v) is 3.65. The topological polar surface area (TPSA) is 38.3 Å². The van der Waals surface area contributed by atoms with E-state index in [9.17, 15) is 4.79 Å². The van der Waals surface area contributed by atoms with Crippen LogP contribution in [-0.2, 0) is 0 Å². The largest absolute Gasteiger partial charge is 0.494 e. The second-order valence-electron chi connectivity index (χ2n) is 5.48. The lowest BCUT2D eigenvalue weighted by molar-refractivity contribution is 0.102. The predicted molar refractivity (Wildman–Crippen MR) is 90.7 cm³/mol. The van der Waals surface area contributed by atoms with Crippen molar-refractivity contribution < 1.29 is 9.53 Å². The molecule has 22 heavy (non-hydrogen) atoms. The van der Waals surface area contributed by atoms with Crippen LogP contribution in [0.25, 0.3) is 0 Å². The average molecular weight is 297 g/mol. The minimum atomic E-state index is -0.108. The fourth-order valence-corrected chi connectivity index (χ4v) is 2.06. The Morgan fingerprint density at radius 2 is 1.77 bits per heavy atom. The normalized spacial score (nSPS) is 10.3. The van der Waals surface area contributed by atoms with E-state index in [1.165, 1.54) is 5.56 Å². The quantitative estimate of drug-likeness (QED) is 0.782. The Morgan fingerprint density at radius 1 is 1.05 bits per heavy atom. The van der Waals surface area contributed by atoms with Crippen LogP contribution in [0, 0.1) is 13.8 Å². The minimum absolute atomic E-state index is 0.108. The Balaban J connectivity index is 1.98. The summed E-state index contributed by atoms with van der Waals surface area (Å²) in [6, 6.07) is 13.2. The van der Waals surface area contributed by atoms with Gasteiger partial charge in [-0.25, -0.2) is 0 Å². The summed E-state index contributed by atoms with van der Waals surface area (Å²) in [7, 11) is 0. The van der Waals surface area contributed by atoms with Gasteiger partial charge in [0.05, 0.1) is 6.61 Å². The number of unbranched alkanes of at least 4 members (excludes halogenated alkanes) is 1. The molecule has 2 aromatic carbocycles. The van der Waals surface area contributed by atoms with Crippen LogP contribution in [0.3, 0.4) is 0 Å². The molecule has 0 saturated heterocycles. The summed E-state index contributed by atoms with van der Waals surface area (Å²) in [4.78, 5) is 12.2. The summed E-state index contributed by atoms with van der Waals surface area (Å²) in [5.41, 5.74) is 3.82. The van der Waals surface area contributed by atoms with Crippen molar-refractivity contribution in [2.45, 2.75) is 33.6 Å². The Bertz CT molecular complexity index is 632. The Hall–Kier alpha value is -2.29. The molecule has 0 atom stereocenters. The van der Waals surface area contributed by atoms with Crippen LogP contribution in [0.5, 0.6) is 5.75 Å². The molecule has 2 rings (SSSR count). The van der Waals surface area contributed by atoms with Crippen LogP contribution in [-0.4, -0.2) is 12.5 Å². The van der Waals surface area contributed by atoms with E-state index >= 15 is 0 Å². The van der Waals surface area contributed by atoms with Gasteiger partial charge in [0.15, 0.2) is 0 Å². The molecule has 0 aliphatic carbocycles. The Labute approximate surface area is 132 Å². The molecule has 0 aromatic heterocycles. The standard InChI is InChI=1S/C19H23NO2/c1-4-5-12-22-18-10-7-16(8-11-18)19(21)20-17-9-6-14(2)15(3)13-17/h6-11,13H,4-5,12H2,1-3H3,(H,20,21). The number of carbonyl (C=O) groups is 1. The second kappa shape index (κ2) is 7.64. The number of rotatable bonds is 6. The summed E-state index contributed by atoms with van der Waals surface area (Å²) in [5, 5.41) is 2.92. The lowest BCUT2D eigenvalue weighted by Crippen LogP contribution is -2.12. The molecule has 0 aliphatic rings. The van der Waals surface area contributed by atoms with Crippen LogP contribution in [0.15, 0.2) is 42.5 Å². The molecule has 2 aromatic rings. The number of ether oxygens (including phenoxy) is 1. The third-order valence-electron chi connectivity index (χ3n) is 3.65. The highest BCUT2D eigenvalue weighted by Gasteiger charge is 2.07. The number of anilines is 1. The highest BCUT2D eigenvalue weighted by molar-refractivity contribution is 6.04. The molecule has 0 saturated carbocycles. The first-order chi connectivity index (χ1) is 10.6. The van der Waals surface area contributed by atoms with E-state index in [2.05, 4.69) is 19.2 Å². The molecule has 3 nitrogen and oxygen atoms in total. The predicted octanol–water partition coefficient (Wildman–Crippen LogP) is 4.73. The highest BCUT2D eigenvalue weighted by atomic mass is 16.5. The number of benzene rings is 2. The highest BCUT2D eigenvalue weighted by Crippen LogP contribution is 2.17. The first-order valence-electron chi connectivity index (χ1n) is 7.71. The molecule has 0 bridgehead atoms. The summed E-state index contributed by atoms with van der Waals surface area (Å²) in [6.07, 6.45) is 2.14. The van der Waals surface area contributed by atoms with Gasteiger partial charge in [-0.1, -0.05) is 19.4 Å². The zero-order valence-corrected chi connectivity index (χ0v) is 13.5. The van der Waals surface area contributed by atoms with Gasteiger partial charge < -0.3 is 10.1 Å². The van der Waals surface area contributed by atoms with Gasteiger partial charge in [0, 0.05) is 11.3 Å². The maximum atomic E-state index is 12.2. The van der Waals surface area contributed by atoms with Crippen LogP contribution in [0.2, 0.25) is 0 Å². The summed E-state index contributed by atoms with van der Waals surface area (Å²) < 4.78 is 5.60. The number of hydrogen-bond acceptors (Lipinski definition) is 2. The van der Waals surface area contributed by atoms with Crippen molar-refractivity contribution in [3.05, 3.63) is 59.2 Å². The van der Waals surface area contributed by atoms with Crippen molar-refractivity contribution in [2.24, 2.45) is 0 Å². The number of aryl methyl sites for hydroxylation is 2. The van der Waals surface area contributed by atoms with Crippen molar-refractivity contribution in [1.82, 2.24) is 0 Å². The summed E-state index contributed by atoms with van der Waals surface area (Å²) >= 11 is 0. The van der Waals surface area contributed by atoms with Crippen molar-refractivity contribution in [3.63, 3.8) is 0 Å². The van der Waals surface area contributed by atoms with Crippen LogP contribution >= 0.6 is 0 Å². The molecule has 0 unspecified atom stereocenters. The maximum absolute atomic E-state index is 12.2. The first kappa shape index (κ1) is 16.1. The minimum Gasteiger partial charge on any atom is -0.494 e. The third kappa shape index (κ3) is 4.35. The number of amides is 1. The van der Waals surface area contributed by atoms with Gasteiger partial charge >= 0.3 is 0 Å². The number of hydrogen-bond donors (Lipinski definition) is 1. The molecule has 0 radical (unpaired) electrons. The zero-order valence-electron chi connectivity index (χ0n) is 13.5. The van der Waals surface area contributed by atoms with E-state index in [0.29, 0.717) is 12.2 Å². The van der Waals surface area contributed by atoms with E-state index in [1.54, 1.807) is 12.1 Å². The lowest BCUT2D eigenvalue weighted by atomic mass is 10.1. The van der Waals surface area contributed by atoms with Crippen LogP contribution < -0.4 is 10.1 Å². The SMILES string of the molecule is CCCCOc1ccc(C(=O)Nc2ccc(C)c(C)c2)cc1. The summed E-state index contributed by atoms with van der Waals surface area (Å²) in [6.45, 7) is 6.93. The fraction of sp³-hybridized carbons (Fsp3) is 0.316. The van der Waals surface area contributed by atoms with Crippen molar-refractivity contribution in [1.29, 1.82) is 0 Å². The first-order valence-corrected chi connectivity index (χ1v) is 7.71. The molecule has 0 heterocycles. The van der Waals surface area contributed by atoms with Gasteiger partial charge in [0.1, 0.15) is 5.75 Å². The van der Waals surface area contributed by atoms with Crippen molar-refractivity contribution in [2.75, 3.05) is 11.9 Å². The molecular weight excluding hydrogens is 274 g/mol. The Morgan fingerprint density at radius 3 is 2.41 bits per heavy atom. The van der Waals surface area contributed by atoms with Gasteiger partial charge in [-0.3, -0.25) is 4.79 Å². The molecule has 0 fully saturated rings. The zero-order chi connectivity index (χ0) is 15.9. The summed E-state index contributed by atoms with van der Waals surface area (Å²) in [5.74, 6) is 0.694. The molecule has 1 N–H and O–H groups in total. The van der Waals surface area contributed by atoms with Gasteiger partial charge in [-0.15, -0.1) is 0 Å². The van der Waals surface area contributed by atoms with Crippen LogP contribution in [0.1, 0.15) is 41.3 Å². The fourth-order valence-electron chi connectivity index (χ4n) is 2.06. The van der Waals surface area contributed by atoms with Gasteiger partial charge in [-0.2, -0.15) is 0 Å². The Kier molecular flexibility index (Phi) is 5.59. The van der Waals surface area contributed by atoms with Gasteiger partial charge in [0.25, 0.3) is 5.91 Å². The van der Waals surface area contributed by atoms with E-state index in [4.69, 9.17) is 4.74 Å². The van der Waals surface area contributed by atoms with E-state index in [-0.39, 0.29) is 5.91 Å². The number of nitrogens with one attached hydrogen (secondary N) is 1. The molecule has 116 valence electrons. The van der Waals surface area contributed by atoms with E-state index in [1.807, 2.05) is 37.3 Å². The second-order valence-corrected chi connectivity index (χ2v) is 5.48.